The standard InChI is InChI=1S/C24H24N4O/c1-16-6-5-9-21(17(16)2)28-24(29)23-11-10-19(15-27-23)25-13-12-18-14-26-22-8-4-3-7-20(18)22/h3-11,14-15,25-26H,12-13H2,1-2H3,(H,28,29). The molecule has 0 fully saturated rings. The molecule has 0 saturated heterocycles. The van der Waals surface area contributed by atoms with Crippen molar-refractivity contribution in [2.75, 3.05) is 17.2 Å². The second kappa shape index (κ2) is 8.19. The summed E-state index contributed by atoms with van der Waals surface area (Å²) in [7, 11) is 0. The van der Waals surface area contributed by atoms with Gasteiger partial charge >= 0.3 is 0 Å². The number of benzene rings is 2. The van der Waals surface area contributed by atoms with Gasteiger partial charge in [0.15, 0.2) is 0 Å². The average molecular weight is 384 g/mol. The van der Waals surface area contributed by atoms with Crippen molar-refractivity contribution >= 4 is 28.2 Å². The van der Waals surface area contributed by atoms with E-state index in [1.807, 2.05) is 44.2 Å². The third-order valence-corrected chi connectivity index (χ3v) is 5.25. The van der Waals surface area contributed by atoms with E-state index in [2.05, 4.69) is 45.0 Å². The Kier molecular flexibility index (Phi) is 5.29. The Labute approximate surface area is 170 Å². The zero-order valence-corrected chi connectivity index (χ0v) is 16.6. The van der Waals surface area contributed by atoms with Gasteiger partial charge < -0.3 is 15.6 Å². The van der Waals surface area contributed by atoms with Gasteiger partial charge in [0.05, 0.1) is 11.9 Å². The molecule has 0 bridgehead atoms. The highest BCUT2D eigenvalue weighted by Gasteiger charge is 2.10. The second-order valence-corrected chi connectivity index (χ2v) is 7.17. The predicted molar refractivity (Wildman–Crippen MR) is 119 cm³/mol. The van der Waals surface area contributed by atoms with E-state index in [0.717, 1.165) is 41.0 Å². The van der Waals surface area contributed by atoms with Gasteiger partial charge in [-0.05, 0) is 61.2 Å². The quantitative estimate of drug-likeness (QED) is 0.434. The first-order valence-corrected chi connectivity index (χ1v) is 9.74. The first-order valence-electron chi connectivity index (χ1n) is 9.74. The van der Waals surface area contributed by atoms with Gasteiger partial charge in [-0.3, -0.25) is 4.79 Å². The fraction of sp³-hybridized carbons (Fsp3) is 0.167. The highest BCUT2D eigenvalue weighted by Crippen LogP contribution is 2.20. The maximum atomic E-state index is 12.5. The number of aromatic nitrogens is 2. The van der Waals surface area contributed by atoms with E-state index < -0.39 is 0 Å². The molecule has 0 spiro atoms. The molecule has 3 N–H and O–H groups in total. The summed E-state index contributed by atoms with van der Waals surface area (Å²) in [6.07, 6.45) is 4.66. The van der Waals surface area contributed by atoms with E-state index in [9.17, 15) is 4.79 Å². The number of para-hydroxylation sites is 1. The van der Waals surface area contributed by atoms with Crippen LogP contribution in [0.2, 0.25) is 0 Å². The highest BCUT2D eigenvalue weighted by atomic mass is 16.1. The average Bonchev–Trinajstić information content (AvgIpc) is 3.15. The van der Waals surface area contributed by atoms with Crippen molar-refractivity contribution in [3.8, 4) is 0 Å². The number of H-pyrrole nitrogens is 1. The molecule has 2 aromatic carbocycles. The SMILES string of the molecule is Cc1cccc(NC(=O)c2ccc(NCCc3c[nH]c4ccccc34)cn2)c1C. The predicted octanol–water partition coefficient (Wildman–Crippen LogP) is 5.09. The Morgan fingerprint density at radius 2 is 1.90 bits per heavy atom. The fourth-order valence-electron chi connectivity index (χ4n) is 3.39. The Morgan fingerprint density at radius 3 is 2.72 bits per heavy atom. The molecular weight excluding hydrogens is 360 g/mol. The monoisotopic (exact) mass is 384 g/mol. The van der Waals surface area contributed by atoms with Gasteiger partial charge in [0.2, 0.25) is 0 Å². The van der Waals surface area contributed by atoms with Gasteiger partial charge in [0.1, 0.15) is 5.69 Å². The van der Waals surface area contributed by atoms with Crippen LogP contribution in [0.1, 0.15) is 27.2 Å². The third kappa shape index (κ3) is 4.14. The summed E-state index contributed by atoms with van der Waals surface area (Å²) in [5, 5.41) is 7.57. The maximum absolute atomic E-state index is 12.5. The van der Waals surface area contributed by atoms with Crippen molar-refractivity contribution in [1.29, 1.82) is 0 Å². The van der Waals surface area contributed by atoms with Crippen LogP contribution in [-0.4, -0.2) is 22.4 Å². The third-order valence-electron chi connectivity index (χ3n) is 5.25. The highest BCUT2D eigenvalue weighted by molar-refractivity contribution is 6.03. The molecule has 5 nitrogen and oxygen atoms in total. The van der Waals surface area contributed by atoms with Crippen molar-refractivity contribution in [3.05, 3.63) is 89.4 Å². The van der Waals surface area contributed by atoms with Crippen LogP contribution in [0.5, 0.6) is 0 Å². The number of anilines is 2. The number of carbonyl (C=O) groups is 1. The number of carbonyl (C=O) groups excluding carboxylic acids is 1. The Morgan fingerprint density at radius 1 is 1.03 bits per heavy atom. The molecule has 1 amide bonds. The molecule has 4 rings (SSSR count). The summed E-state index contributed by atoms with van der Waals surface area (Å²) < 4.78 is 0. The lowest BCUT2D eigenvalue weighted by atomic mass is 10.1. The molecule has 0 aliphatic rings. The summed E-state index contributed by atoms with van der Waals surface area (Å²) in [4.78, 5) is 20.1. The van der Waals surface area contributed by atoms with Crippen LogP contribution >= 0.6 is 0 Å². The van der Waals surface area contributed by atoms with E-state index in [1.165, 1.54) is 10.9 Å². The van der Waals surface area contributed by atoms with Crippen molar-refractivity contribution in [2.24, 2.45) is 0 Å². The van der Waals surface area contributed by atoms with Crippen molar-refractivity contribution < 1.29 is 4.79 Å². The largest absolute Gasteiger partial charge is 0.383 e. The molecule has 0 unspecified atom stereocenters. The molecule has 0 aliphatic heterocycles. The Bertz CT molecular complexity index is 1150. The van der Waals surface area contributed by atoms with Crippen LogP contribution in [0.15, 0.2) is 67.0 Å². The van der Waals surface area contributed by atoms with Crippen molar-refractivity contribution in [3.63, 3.8) is 0 Å². The number of hydrogen-bond donors (Lipinski definition) is 3. The van der Waals surface area contributed by atoms with Gasteiger partial charge in [-0.25, -0.2) is 4.98 Å². The van der Waals surface area contributed by atoms with Crippen LogP contribution in [0.25, 0.3) is 10.9 Å². The molecule has 2 heterocycles. The number of aryl methyl sites for hydroxylation is 1. The molecule has 0 aliphatic carbocycles. The number of rotatable bonds is 6. The Balaban J connectivity index is 1.35. The maximum Gasteiger partial charge on any atom is 0.274 e. The summed E-state index contributed by atoms with van der Waals surface area (Å²) in [6.45, 7) is 4.82. The van der Waals surface area contributed by atoms with Crippen LogP contribution in [0.4, 0.5) is 11.4 Å². The second-order valence-electron chi connectivity index (χ2n) is 7.17. The van der Waals surface area contributed by atoms with Crippen LogP contribution < -0.4 is 10.6 Å². The smallest absolute Gasteiger partial charge is 0.274 e. The van der Waals surface area contributed by atoms with Gasteiger partial charge in [0.25, 0.3) is 5.91 Å². The summed E-state index contributed by atoms with van der Waals surface area (Å²) in [5.41, 5.74) is 6.76. The van der Waals surface area contributed by atoms with Crippen molar-refractivity contribution in [1.82, 2.24) is 9.97 Å². The number of pyridine rings is 1. The molecule has 5 heteroatoms. The summed E-state index contributed by atoms with van der Waals surface area (Å²) in [6, 6.07) is 17.8. The lowest BCUT2D eigenvalue weighted by Gasteiger charge is -2.10. The van der Waals surface area contributed by atoms with E-state index in [4.69, 9.17) is 0 Å². The van der Waals surface area contributed by atoms with Gasteiger partial charge in [0, 0.05) is 29.3 Å². The van der Waals surface area contributed by atoms with Crippen LogP contribution in [0, 0.1) is 13.8 Å². The van der Waals surface area contributed by atoms with Gasteiger partial charge in [-0.1, -0.05) is 30.3 Å². The fourth-order valence-corrected chi connectivity index (χ4v) is 3.39. The zero-order valence-electron chi connectivity index (χ0n) is 16.6. The first-order chi connectivity index (χ1) is 14.1. The van der Waals surface area contributed by atoms with E-state index in [1.54, 1.807) is 12.3 Å². The molecule has 29 heavy (non-hydrogen) atoms. The topological polar surface area (TPSA) is 69.8 Å². The summed E-state index contributed by atoms with van der Waals surface area (Å²) in [5.74, 6) is -0.205. The summed E-state index contributed by atoms with van der Waals surface area (Å²) >= 11 is 0. The molecular formula is C24H24N4O. The number of nitrogens with zero attached hydrogens (tertiary/aromatic N) is 1. The van der Waals surface area contributed by atoms with Gasteiger partial charge in [-0.2, -0.15) is 0 Å². The molecule has 146 valence electrons. The number of aromatic amines is 1. The number of hydrogen-bond acceptors (Lipinski definition) is 3. The van der Waals surface area contributed by atoms with Crippen molar-refractivity contribution in [2.45, 2.75) is 20.3 Å². The van der Waals surface area contributed by atoms with E-state index >= 15 is 0 Å². The molecule has 2 aromatic heterocycles. The minimum Gasteiger partial charge on any atom is -0.383 e. The van der Waals surface area contributed by atoms with E-state index in [0.29, 0.717) is 5.69 Å². The zero-order chi connectivity index (χ0) is 20.2. The lowest BCUT2D eigenvalue weighted by Crippen LogP contribution is -2.15. The minimum absolute atomic E-state index is 0.205. The lowest BCUT2D eigenvalue weighted by molar-refractivity contribution is 0.102. The number of nitrogens with one attached hydrogen (secondary N) is 3. The first kappa shape index (κ1) is 18.7. The van der Waals surface area contributed by atoms with Crippen LogP contribution in [0.3, 0.4) is 0 Å². The number of fused-ring (bicyclic) bond motifs is 1. The normalized spacial score (nSPS) is 10.8. The minimum atomic E-state index is -0.205. The molecule has 4 aromatic rings. The number of amides is 1. The molecule has 0 atom stereocenters. The molecule has 0 radical (unpaired) electrons. The van der Waals surface area contributed by atoms with E-state index in [-0.39, 0.29) is 5.91 Å². The Hall–Kier alpha value is -3.60. The van der Waals surface area contributed by atoms with Gasteiger partial charge in [-0.15, -0.1) is 0 Å². The van der Waals surface area contributed by atoms with Crippen LogP contribution in [-0.2, 0) is 6.42 Å². The molecule has 0 saturated carbocycles.